The number of anilines is 1. The van der Waals surface area contributed by atoms with E-state index in [1.807, 2.05) is 0 Å². The highest BCUT2D eigenvalue weighted by molar-refractivity contribution is 5.93. The van der Waals surface area contributed by atoms with Gasteiger partial charge in [0.25, 0.3) is 0 Å². The lowest BCUT2D eigenvalue weighted by atomic mass is 10.1. The maximum atomic E-state index is 13.4. The molecule has 14 heavy (non-hydrogen) atoms. The number of amides is 1. The van der Waals surface area contributed by atoms with Gasteiger partial charge in [0, 0.05) is 17.8 Å². The van der Waals surface area contributed by atoms with Crippen molar-refractivity contribution in [3.05, 3.63) is 29.6 Å². The number of likely N-dealkylation sites (N-methyl/N-ethyl adjacent to an activating group) is 1. The number of fused-ring (bicyclic) bond motifs is 1. The van der Waals surface area contributed by atoms with E-state index >= 15 is 0 Å². The number of nitrogens with zero attached hydrogens (tertiary/aromatic N) is 1. The fraction of sp³-hybridized carbons (Fsp3) is 0.300. The molecule has 4 heteroatoms. The number of carbonyl (C=O) groups is 1. The van der Waals surface area contributed by atoms with Crippen molar-refractivity contribution in [2.75, 3.05) is 18.9 Å². The van der Waals surface area contributed by atoms with Crippen LogP contribution in [0.2, 0.25) is 0 Å². The Balaban J connectivity index is 2.46. The third-order valence-electron chi connectivity index (χ3n) is 2.23. The minimum absolute atomic E-state index is 0.100. The van der Waals surface area contributed by atoms with E-state index in [0.717, 1.165) is 0 Å². The molecule has 1 N–H and O–H groups in total. The summed E-state index contributed by atoms with van der Waals surface area (Å²) in [4.78, 5) is 13.1. The quantitative estimate of drug-likeness (QED) is 0.673. The first-order valence-electron chi connectivity index (χ1n) is 4.42. The molecule has 2 rings (SSSR count). The number of benzene rings is 1. The van der Waals surface area contributed by atoms with Crippen molar-refractivity contribution in [2.24, 2.45) is 0 Å². The third kappa shape index (κ3) is 1.61. The summed E-state index contributed by atoms with van der Waals surface area (Å²) in [5.74, 6) is -0.367. The molecular weight excluding hydrogens is 183 g/mol. The monoisotopic (exact) mass is 194 g/mol. The topological polar surface area (TPSA) is 32.3 Å². The maximum Gasteiger partial charge on any atom is 0.238 e. The highest BCUT2D eigenvalue weighted by atomic mass is 19.1. The second-order valence-corrected chi connectivity index (χ2v) is 3.49. The molecule has 0 spiro atoms. The van der Waals surface area contributed by atoms with Crippen LogP contribution in [0.1, 0.15) is 5.56 Å². The molecule has 3 nitrogen and oxygen atoms in total. The van der Waals surface area contributed by atoms with E-state index in [9.17, 15) is 9.18 Å². The van der Waals surface area contributed by atoms with Crippen LogP contribution in [0.25, 0.3) is 0 Å². The molecule has 1 aromatic rings. The van der Waals surface area contributed by atoms with Gasteiger partial charge in [-0.25, -0.2) is 4.39 Å². The predicted octanol–water partition coefficient (Wildman–Crippen LogP) is 1.21. The van der Waals surface area contributed by atoms with Gasteiger partial charge in [0.2, 0.25) is 5.91 Å². The van der Waals surface area contributed by atoms with Gasteiger partial charge in [-0.15, -0.1) is 0 Å². The Morgan fingerprint density at radius 3 is 3.00 bits per heavy atom. The molecule has 1 amide bonds. The van der Waals surface area contributed by atoms with E-state index in [2.05, 4.69) is 5.32 Å². The summed E-state index contributed by atoms with van der Waals surface area (Å²) in [6.45, 7) is 0.759. The van der Waals surface area contributed by atoms with Crippen LogP contribution in [0, 0.1) is 5.82 Å². The fourth-order valence-corrected chi connectivity index (χ4v) is 1.60. The van der Waals surface area contributed by atoms with Gasteiger partial charge in [0.1, 0.15) is 5.82 Å². The van der Waals surface area contributed by atoms with E-state index in [1.54, 1.807) is 24.1 Å². The average molecular weight is 194 g/mol. The fourth-order valence-electron chi connectivity index (χ4n) is 1.60. The molecule has 0 aliphatic carbocycles. The molecule has 0 saturated heterocycles. The van der Waals surface area contributed by atoms with Crippen LogP contribution in [-0.4, -0.2) is 24.4 Å². The molecule has 74 valence electrons. The second-order valence-electron chi connectivity index (χ2n) is 3.49. The number of carbonyl (C=O) groups excluding carboxylic acids is 1. The summed E-state index contributed by atoms with van der Waals surface area (Å²) >= 11 is 0. The zero-order valence-electron chi connectivity index (χ0n) is 7.88. The van der Waals surface area contributed by atoms with Gasteiger partial charge in [0.15, 0.2) is 0 Å². The van der Waals surface area contributed by atoms with Gasteiger partial charge in [-0.1, -0.05) is 6.07 Å². The summed E-state index contributed by atoms with van der Waals surface area (Å²) in [6.07, 6.45) is 0. The van der Waals surface area contributed by atoms with Gasteiger partial charge in [-0.3, -0.25) is 9.69 Å². The Kier molecular flexibility index (Phi) is 2.21. The summed E-state index contributed by atoms with van der Waals surface area (Å²) in [6, 6.07) is 4.72. The lowest BCUT2D eigenvalue weighted by Crippen LogP contribution is -2.26. The summed E-state index contributed by atoms with van der Waals surface area (Å²) < 4.78 is 13.4. The summed E-state index contributed by atoms with van der Waals surface area (Å²) in [5, 5.41) is 2.67. The number of rotatable bonds is 0. The molecular formula is C10H11FN2O. The Morgan fingerprint density at radius 1 is 1.43 bits per heavy atom. The van der Waals surface area contributed by atoms with E-state index in [4.69, 9.17) is 0 Å². The second kappa shape index (κ2) is 3.38. The molecule has 0 unspecified atom stereocenters. The normalized spacial score (nSPS) is 17.1. The zero-order chi connectivity index (χ0) is 10.1. The van der Waals surface area contributed by atoms with Crippen LogP contribution in [0.5, 0.6) is 0 Å². The number of nitrogens with one attached hydrogen (secondary N) is 1. The van der Waals surface area contributed by atoms with Crippen molar-refractivity contribution in [2.45, 2.75) is 6.54 Å². The van der Waals surface area contributed by atoms with Crippen LogP contribution in [0.3, 0.4) is 0 Å². The molecule has 0 atom stereocenters. The van der Waals surface area contributed by atoms with Crippen molar-refractivity contribution < 1.29 is 9.18 Å². The number of hydrogen-bond acceptors (Lipinski definition) is 2. The molecule has 0 radical (unpaired) electrons. The summed E-state index contributed by atoms with van der Waals surface area (Å²) in [7, 11) is 1.79. The SMILES string of the molecule is CN1CC(=O)Nc2cccc(F)c2C1. The molecule has 1 aromatic carbocycles. The molecule has 1 aliphatic heterocycles. The third-order valence-corrected chi connectivity index (χ3v) is 2.23. The predicted molar refractivity (Wildman–Crippen MR) is 51.4 cm³/mol. The van der Waals surface area contributed by atoms with Crippen LogP contribution >= 0.6 is 0 Å². The Morgan fingerprint density at radius 2 is 2.21 bits per heavy atom. The van der Waals surface area contributed by atoms with Crippen molar-refractivity contribution in [1.29, 1.82) is 0 Å². The lowest BCUT2D eigenvalue weighted by molar-refractivity contribution is -0.116. The first kappa shape index (κ1) is 9.15. The Bertz CT molecular complexity index is 378. The van der Waals surface area contributed by atoms with Crippen LogP contribution in [0.4, 0.5) is 10.1 Å². The first-order valence-corrected chi connectivity index (χ1v) is 4.42. The van der Waals surface area contributed by atoms with Crippen molar-refractivity contribution in [1.82, 2.24) is 4.90 Å². The van der Waals surface area contributed by atoms with Gasteiger partial charge in [0.05, 0.1) is 6.54 Å². The number of halogens is 1. The average Bonchev–Trinajstić information content (AvgIpc) is 2.23. The summed E-state index contributed by atoms with van der Waals surface area (Å²) in [5.41, 5.74) is 1.14. The highest BCUT2D eigenvalue weighted by Gasteiger charge is 2.18. The van der Waals surface area contributed by atoms with Gasteiger partial charge < -0.3 is 5.32 Å². The van der Waals surface area contributed by atoms with Crippen LogP contribution < -0.4 is 5.32 Å². The minimum Gasteiger partial charge on any atom is -0.325 e. The van der Waals surface area contributed by atoms with Crippen molar-refractivity contribution >= 4 is 11.6 Å². The lowest BCUT2D eigenvalue weighted by Gasteiger charge is -2.11. The molecule has 0 aromatic heterocycles. The Labute approximate surface area is 81.5 Å². The van der Waals surface area contributed by atoms with Gasteiger partial charge in [-0.2, -0.15) is 0 Å². The molecule has 0 fully saturated rings. The molecule has 0 saturated carbocycles. The first-order chi connectivity index (χ1) is 6.66. The van der Waals surface area contributed by atoms with Gasteiger partial charge in [-0.05, 0) is 19.2 Å². The Hall–Kier alpha value is -1.42. The van der Waals surface area contributed by atoms with E-state index in [1.165, 1.54) is 6.07 Å². The molecule has 0 bridgehead atoms. The van der Waals surface area contributed by atoms with E-state index in [0.29, 0.717) is 24.3 Å². The zero-order valence-corrected chi connectivity index (χ0v) is 7.88. The largest absolute Gasteiger partial charge is 0.325 e. The van der Waals surface area contributed by atoms with Crippen molar-refractivity contribution in [3.63, 3.8) is 0 Å². The highest BCUT2D eigenvalue weighted by Crippen LogP contribution is 2.22. The van der Waals surface area contributed by atoms with E-state index in [-0.39, 0.29) is 11.7 Å². The van der Waals surface area contributed by atoms with Crippen LogP contribution in [-0.2, 0) is 11.3 Å². The van der Waals surface area contributed by atoms with Gasteiger partial charge >= 0.3 is 0 Å². The molecule has 1 heterocycles. The minimum atomic E-state index is -0.267. The standard InChI is InChI=1S/C10H11FN2O/c1-13-5-7-8(11)3-2-4-9(7)12-10(14)6-13/h2-4H,5-6H2,1H3,(H,12,14). The number of hydrogen-bond donors (Lipinski definition) is 1. The smallest absolute Gasteiger partial charge is 0.238 e. The molecule has 1 aliphatic rings. The van der Waals surface area contributed by atoms with Crippen LogP contribution in [0.15, 0.2) is 18.2 Å². The maximum absolute atomic E-state index is 13.4. The van der Waals surface area contributed by atoms with Crippen molar-refractivity contribution in [3.8, 4) is 0 Å². The van der Waals surface area contributed by atoms with E-state index < -0.39 is 0 Å².